The van der Waals surface area contributed by atoms with Crippen LogP contribution in [0.1, 0.15) is 19.8 Å². The SMILES string of the molecule is CC/C=C\CC1OC1/C=C/C=O. The molecule has 1 rings (SSSR count). The molecule has 1 saturated heterocycles. The Morgan fingerprint density at radius 2 is 2.25 bits per heavy atom. The lowest BCUT2D eigenvalue weighted by molar-refractivity contribution is -0.104. The summed E-state index contributed by atoms with van der Waals surface area (Å²) >= 11 is 0. The minimum Gasteiger partial charge on any atom is -0.365 e. The molecule has 0 bridgehead atoms. The summed E-state index contributed by atoms with van der Waals surface area (Å²) in [6.45, 7) is 2.11. The lowest BCUT2D eigenvalue weighted by Gasteiger charge is -1.82. The van der Waals surface area contributed by atoms with Crippen molar-refractivity contribution in [1.82, 2.24) is 0 Å². The average Bonchev–Trinajstić information content (AvgIpc) is 2.81. The molecular formula is C10H14O2. The highest BCUT2D eigenvalue weighted by molar-refractivity contribution is 5.64. The third-order valence-corrected chi connectivity index (χ3v) is 1.77. The number of aldehydes is 1. The molecule has 0 spiro atoms. The van der Waals surface area contributed by atoms with Crippen molar-refractivity contribution in [1.29, 1.82) is 0 Å². The fourth-order valence-corrected chi connectivity index (χ4v) is 1.07. The third-order valence-electron chi connectivity index (χ3n) is 1.77. The highest BCUT2D eigenvalue weighted by atomic mass is 16.6. The molecule has 0 radical (unpaired) electrons. The second-order valence-electron chi connectivity index (χ2n) is 2.78. The summed E-state index contributed by atoms with van der Waals surface area (Å²) < 4.78 is 5.27. The topological polar surface area (TPSA) is 29.6 Å². The Bertz CT molecular complexity index is 194. The van der Waals surface area contributed by atoms with Crippen LogP contribution in [0.3, 0.4) is 0 Å². The largest absolute Gasteiger partial charge is 0.365 e. The van der Waals surface area contributed by atoms with E-state index in [-0.39, 0.29) is 6.10 Å². The van der Waals surface area contributed by atoms with Gasteiger partial charge in [0.05, 0.1) is 6.10 Å². The highest BCUT2D eigenvalue weighted by Gasteiger charge is 2.34. The molecule has 0 N–H and O–H groups in total. The molecule has 0 amide bonds. The molecule has 66 valence electrons. The van der Waals surface area contributed by atoms with Gasteiger partial charge in [0.15, 0.2) is 0 Å². The zero-order chi connectivity index (χ0) is 8.81. The van der Waals surface area contributed by atoms with Gasteiger partial charge in [-0.1, -0.05) is 25.2 Å². The Morgan fingerprint density at radius 3 is 2.92 bits per heavy atom. The molecule has 0 aromatic heterocycles. The minimum absolute atomic E-state index is 0.178. The summed E-state index contributed by atoms with van der Waals surface area (Å²) in [4.78, 5) is 9.95. The van der Waals surface area contributed by atoms with Crippen LogP contribution in [0.5, 0.6) is 0 Å². The van der Waals surface area contributed by atoms with Crippen molar-refractivity contribution >= 4 is 6.29 Å². The Morgan fingerprint density at radius 1 is 1.42 bits per heavy atom. The molecule has 1 aliphatic rings. The first kappa shape index (κ1) is 9.20. The van der Waals surface area contributed by atoms with E-state index in [0.29, 0.717) is 6.10 Å². The van der Waals surface area contributed by atoms with Crippen molar-refractivity contribution in [3.05, 3.63) is 24.3 Å². The van der Waals surface area contributed by atoms with Crippen LogP contribution in [0, 0.1) is 0 Å². The van der Waals surface area contributed by atoms with Crippen molar-refractivity contribution in [2.45, 2.75) is 32.0 Å². The first-order valence-electron chi connectivity index (χ1n) is 4.31. The Kier molecular flexibility index (Phi) is 3.74. The second-order valence-corrected chi connectivity index (χ2v) is 2.78. The molecule has 2 nitrogen and oxygen atoms in total. The maximum Gasteiger partial charge on any atom is 0.142 e. The molecule has 0 aromatic carbocycles. The van der Waals surface area contributed by atoms with Crippen LogP contribution in [0.15, 0.2) is 24.3 Å². The standard InChI is InChI=1S/C10H14O2/c1-2-3-4-6-9-10(12-9)7-5-8-11/h3-5,7-10H,2,6H2,1H3/b4-3-,7-5+. The van der Waals surface area contributed by atoms with Gasteiger partial charge in [-0.15, -0.1) is 0 Å². The first-order valence-corrected chi connectivity index (χ1v) is 4.31. The van der Waals surface area contributed by atoms with Gasteiger partial charge in [-0.05, 0) is 18.9 Å². The van der Waals surface area contributed by atoms with E-state index in [2.05, 4.69) is 19.1 Å². The Hall–Kier alpha value is -0.890. The predicted octanol–water partition coefficient (Wildman–Crippen LogP) is 1.87. The van der Waals surface area contributed by atoms with Gasteiger partial charge in [0.2, 0.25) is 0 Å². The average molecular weight is 166 g/mol. The number of hydrogen-bond donors (Lipinski definition) is 0. The van der Waals surface area contributed by atoms with Gasteiger partial charge in [-0.2, -0.15) is 0 Å². The summed E-state index contributed by atoms with van der Waals surface area (Å²) in [6, 6.07) is 0. The number of hydrogen-bond acceptors (Lipinski definition) is 2. The minimum atomic E-state index is 0.178. The number of carbonyl (C=O) groups is 1. The molecular weight excluding hydrogens is 152 g/mol. The number of rotatable bonds is 5. The van der Waals surface area contributed by atoms with Gasteiger partial charge in [0, 0.05) is 0 Å². The second kappa shape index (κ2) is 4.88. The van der Waals surface area contributed by atoms with Gasteiger partial charge in [0.1, 0.15) is 12.4 Å². The third kappa shape index (κ3) is 3.01. The molecule has 2 unspecified atom stereocenters. The number of allylic oxidation sites excluding steroid dienone is 2. The quantitative estimate of drug-likeness (QED) is 0.270. The van der Waals surface area contributed by atoms with Gasteiger partial charge in [-0.25, -0.2) is 0 Å². The van der Waals surface area contributed by atoms with Crippen LogP contribution in [-0.4, -0.2) is 18.5 Å². The van der Waals surface area contributed by atoms with Crippen molar-refractivity contribution in [3.8, 4) is 0 Å². The lowest BCUT2D eigenvalue weighted by Crippen LogP contribution is -1.87. The van der Waals surface area contributed by atoms with Gasteiger partial charge >= 0.3 is 0 Å². The summed E-state index contributed by atoms with van der Waals surface area (Å²) in [5.41, 5.74) is 0. The number of epoxide rings is 1. The molecule has 1 aliphatic heterocycles. The molecule has 12 heavy (non-hydrogen) atoms. The zero-order valence-corrected chi connectivity index (χ0v) is 7.27. The molecule has 2 atom stereocenters. The van der Waals surface area contributed by atoms with E-state index in [1.165, 1.54) is 6.08 Å². The van der Waals surface area contributed by atoms with Crippen LogP contribution in [0.4, 0.5) is 0 Å². The van der Waals surface area contributed by atoms with E-state index < -0.39 is 0 Å². The van der Waals surface area contributed by atoms with Crippen LogP contribution in [-0.2, 0) is 9.53 Å². The number of carbonyl (C=O) groups excluding carboxylic acids is 1. The molecule has 0 aromatic rings. The van der Waals surface area contributed by atoms with E-state index >= 15 is 0 Å². The molecule has 0 aliphatic carbocycles. The monoisotopic (exact) mass is 166 g/mol. The Balaban J connectivity index is 2.11. The van der Waals surface area contributed by atoms with Crippen molar-refractivity contribution in [2.75, 3.05) is 0 Å². The lowest BCUT2D eigenvalue weighted by atomic mass is 10.2. The normalized spacial score (nSPS) is 28.4. The van der Waals surface area contributed by atoms with E-state index in [0.717, 1.165) is 19.1 Å². The van der Waals surface area contributed by atoms with E-state index in [9.17, 15) is 4.79 Å². The van der Waals surface area contributed by atoms with Crippen LogP contribution in [0.25, 0.3) is 0 Å². The van der Waals surface area contributed by atoms with E-state index in [1.807, 2.05) is 0 Å². The van der Waals surface area contributed by atoms with Crippen molar-refractivity contribution < 1.29 is 9.53 Å². The molecule has 0 saturated carbocycles. The smallest absolute Gasteiger partial charge is 0.142 e. The summed E-state index contributed by atoms with van der Waals surface area (Å²) in [5, 5.41) is 0. The van der Waals surface area contributed by atoms with Crippen LogP contribution >= 0.6 is 0 Å². The zero-order valence-electron chi connectivity index (χ0n) is 7.27. The summed E-state index contributed by atoms with van der Waals surface area (Å²) in [5.74, 6) is 0. The number of ether oxygens (including phenoxy) is 1. The summed E-state index contributed by atoms with van der Waals surface area (Å²) in [7, 11) is 0. The molecule has 1 fully saturated rings. The van der Waals surface area contributed by atoms with E-state index in [4.69, 9.17) is 4.74 Å². The van der Waals surface area contributed by atoms with Gasteiger partial charge in [-0.3, -0.25) is 4.79 Å². The van der Waals surface area contributed by atoms with Crippen molar-refractivity contribution in [2.24, 2.45) is 0 Å². The maximum atomic E-state index is 9.95. The van der Waals surface area contributed by atoms with E-state index in [1.54, 1.807) is 6.08 Å². The predicted molar refractivity (Wildman–Crippen MR) is 47.9 cm³/mol. The fraction of sp³-hybridized carbons (Fsp3) is 0.500. The maximum absolute atomic E-state index is 9.95. The van der Waals surface area contributed by atoms with Crippen LogP contribution < -0.4 is 0 Å². The highest BCUT2D eigenvalue weighted by Crippen LogP contribution is 2.26. The first-order chi connectivity index (χ1) is 5.88. The van der Waals surface area contributed by atoms with Gasteiger partial charge < -0.3 is 4.74 Å². The summed E-state index contributed by atoms with van der Waals surface area (Å²) in [6.07, 6.45) is 10.8. The Labute approximate surface area is 72.9 Å². The van der Waals surface area contributed by atoms with Gasteiger partial charge in [0.25, 0.3) is 0 Å². The van der Waals surface area contributed by atoms with Crippen LogP contribution in [0.2, 0.25) is 0 Å². The molecule has 2 heteroatoms. The van der Waals surface area contributed by atoms with Crippen molar-refractivity contribution in [3.63, 3.8) is 0 Å². The molecule has 1 heterocycles. The fourth-order valence-electron chi connectivity index (χ4n) is 1.07.